The van der Waals surface area contributed by atoms with Crippen LogP contribution in [0.1, 0.15) is 99.3 Å². The van der Waals surface area contributed by atoms with Gasteiger partial charge in [0.05, 0.1) is 6.10 Å². The van der Waals surface area contributed by atoms with Crippen molar-refractivity contribution in [2.45, 2.75) is 105 Å². The molecule has 3 saturated carbocycles. The van der Waals surface area contributed by atoms with E-state index in [0.29, 0.717) is 22.7 Å². The van der Waals surface area contributed by atoms with Crippen LogP contribution < -0.4 is 0 Å². The molecule has 1 N–H and O–H groups in total. The molecule has 4 rings (SSSR count). The standard InChI is InChI=1S/C28H46O/c1-18(2)19(3)7-8-20(4)24-11-12-25-23-10-9-21-17-22(29)13-15-27(21,5)26(23)14-16-28(24,25)6/h7,10,18,20-22,24-26,29H,8-9,11-17H2,1-6H3/b19-7+. The van der Waals surface area contributed by atoms with E-state index in [2.05, 4.69) is 53.7 Å². The van der Waals surface area contributed by atoms with Crippen LogP contribution in [0.15, 0.2) is 23.3 Å². The quantitative estimate of drug-likeness (QED) is 0.484. The van der Waals surface area contributed by atoms with Crippen LogP contribution in [-0.4, -0.2) is 11.2 Å². The highest BCUT2D eigenvalue weighted by molar-refractivity contribution is 5.27. The predicted molar refractivity (Wildman–Crippen MR) is 124 cm³/mol. The molecule has 0 aliphatic heterocycles. The average molecular weight is 399 g/mol. The summed E-state index contributed by atoms with van der Waals surface area (Å²) in [6.45, 7) is 14.7. The molecule has 164 valence electrons. The summed E-state index contributed by atoms with van der Waals surface area (Å²) in [6, 6.07) is 0. The van der Waals surface area contributed by atoms with Crippen LogP contribution in [0.2, 0.25) is 0 Å². The normalized spacial score (nSPS) is 46.0. The highest BCUT2D eigenvalue weighted by Crippen LogP contribution is 2.66. The van der Waals surface area contributed by atoms with E-state index in [-0.39, 0.29) is 6.10 Å². The highest BCUT2D eigenvalue weighted by Gasteiger charge is 2.58. The van der Waals surface area contributed by atoms with Crippen molar-refractivity contribution in [3.8, 4) is 0 Å². The van der Waals surface area contributed by atoms with Gasteiger partial charge in [-0.2, -0.15) is 0 Å². The van der Waals surface area contributed by atoms with E-state index in [1.807, 2.05) is 5.57 Å². The van der Waals surface area contributed by atoms with E-state index < -0.39 is 0 Å². The first kappa shape index (κ1) is 21.7. The summed E-state index contributed by atoms with van der Waals surface area (Å²) in [5.74, 6) is 4.69. The Bertz CT molecular complexity index is 672. The maximum absolute atomic E-state index is 10.2. The first-order valence-electron chi connectivity index (χ1n) is 12.7. The van der Waals surface area contributed by atoms with E-state index in [1.165, 1.54) is 44.9 Å². The van der Waals surface area contributed by atoms with Crippen LogP contribution in [0.3, 0.4) is 0 Å². The van der Waals surface area contributed by atoms with Gasteiger partial charge in [0.1, 0.15) is 0 Å². The van der Waals surface area contributed by atoms with Gasteiger partial charge in [-0.3, -0.25) is 0 Å². The third kappa shape index (κ3) is 3.58. The van der Waals surface area contributed by atoms with Crippen molar-refractivity contribution in [3.63, 3.8) is 0 Å². The van der Waals surface area contributed by atoms with E-state index >= 15 is 0 Å². The van der Waals surface area contributed by atoms with Crippen LogP contribution in [0.25, 0.3) is 0 Å². The van der Waals surface area contributed by atoms with Crippen LogP contribution in [0.5, 0.6) is 0 Å². The largest absolute Gasteiger partial charge is 0.393 e. The van der Waals surface area contributed by atoms with Crippen molar-refractivity contribution in [1.29, 1.82) is 0 Å². The summed E-state index contributed by atoms with van der Waals surface area (Å²) in [4.78, 5) is 0. The summed E-state index contributed by atoms with van der Waals surface area (Å²) < 4.78 is 0. The topological polar surface area (TPSA) is 20.2 Å². The van der Waals surface area contributed by atoms with Crippen LogP contribution in [-0.2, 0) is 0 Å². The summed E-state index contributed by atoms with van der Waals surface area (Å²) in [5, 5.41) is 10.2. The lowest BCUT2D eigenvalue weighted by atomic mass is 9.47. The Morgan fingerprint density at radius 3 is 2.48 bits per heavy atom. The Hall–Kier alpha value is -0.560. The molecule has 0 bridgehead atoms. The molecule has 0 radical (unpaired) electrons. The second-order valence-corrected chi connectivity index (χ2v) is 12.2. The molecule has 0 saturated heterocycles. The average Bonchev–Trinajstić information content (AvgIpc) is 3.03. The van der Waals surface area contributed by atoms with Gasteiger partial charge in [0.15, 0.2) is 0 Å². The zero-order chi connectivity index (χ0) is 21.0. The zero-order valence-electron chi connectivity index (χ0n) is 20.0. The first-order chi connectivity index (χ1) is 13.7. The summed E-state index contributed by atoms with van der Waals surface area (Å²) in [6.07, 6.45) is 16.6. The fourth-order valence-electron chi connectivity index (χ4n) is 8.24. The highest BCUT2D eigenvalue weighted by atomic mass is 16.3. The van der Waals surface area contributed by atoms with Crippen molar-refractivity contribution in [2.75, 3.05) is 0 Å². The fraction of sp³-hybridized carbons (Fsp3) is 0.857. The van der Waals surface area contributed by atoms with Crippen LogP contribution in [0, 0.1) is 46.3 Å². The monoisotopic (exact) mass is 398 g/mol. The maximum Gasteiger partial charge on any atom is 0.0543 e. The Labute approximate surface area is 180 Å². The molecule has 8 atom stereocenters. The van der Waals surface area contributed by atoms with Gasteiger partial charge in [0.2, 0.25) is 0 Å². The van der Waals surface area contributed by atoms with E-state index in [4.69, 9.17) is 0 Å². The van der Waals surface area contributed by atoms with Crippen molar-refractivity contribution in [3.05, 3.63) is 23.3 Å². The Balaban J connectivity index is 1.53. The van der Waals surface area contributed by atoms with Gasteiger partial charge in [-0.05, 0) is 111 Å². The Morgan fingerprint density at radius 1 is 1.07 bits per heavy atom. The summed E-state index contributed by atoms with van der Waals surface area (Å²) >= 11 is 0. The lowest BCUT2D eigenvalue weighted by Crippen LogP contribution is -2.49. The molecule has 0 heterocycles. The molecule has 0 aromatic carbocycles. The van der Waals surface area contributed by atoms with Crippen LogP contribution >= 0.6 is 0 Å². The van der Waals surface area contributed by atoms with Gasteiger partial charge in [-0.15, -0.1) is 0 Å². The van der Waals surface area contributed by atoms with Crippen molar-refractivity contribution < 1.29 is 5.11 Å². The smallest absolute Gasteiger partial charge is 0.0543 e. The lowest BCUT2D eigenvalue weighted by Gasteiger charge is -2.57. The number of rotatable bonds is 4. The van der Waals surface area contributed by atoms with Gasteiger partial charge in [0.25, 0.3) is 0 Å². The third-order valence-corrected chi connectivity index (χ3v) is 10.5. The SMILES string of the molecule is C/C(=C\CC(C)C1CCC2C3=CCC4CC(O)CCC4(C)C3CCC21C)C(C)C. The first-order valence-corrected chi connectivity index (χ1v) is 12.7. The fourth-order valence-corrected chi connectivity index (χ4v) is 8.24. The molecule has 8 unspecified atom stereocenters. The van der Waals surface area contributed by atoms with Gasteiger partial charge < -0.3 is 5.11 Å². The molecule has 4 aliphatic rings. The number of allylic oxidation sites excluding steroid dienone is 4. The summed E-state index contributed by atoms with van der Waals surface area (Å²) in [5.41, 5.74) is 4.38. The van der Waals surface area contributed by atoms with Gasteiger partial charge in [0, 0.05) is 0 Å². The summed E-state index contributed by atoms with van der Waals surface area (Å²) in [7, 11) is 0. The molecule has 4 aliphatic carbocycles. The van der Waals surface area contributed by atoms with Gasteiger partial charge >= 0.3 is 0 Å². The lowest BCUT2D eigenvalue weighted by molar-refractivity contribution is -0.0424. The second kappa shape index (κ2) is 7.85. The molecule has 0 amide bonds. The number of fused-ring (bicyclic) bond motifs is 5. The van der Waals surface area contributed by atoms with Gasteiger partial charge in [-0.1, -0.05) is 57.9 Å². The zero-order valence-corrected chi connectivity index (χ0v) is 20.0. The molecule has 0 aromatic heterocycles. The second-order valence-electron chi connectivity index (χ2n) is 12.2. The molecular formula is C28H46O. The maximum atomic E-state index is 10.2. The molecule has 1 heteroatoms. The van der Waals surface area contributed by atoms with Gasteiger partial charge in [-0.25, -0.2) is 0 Å². The Kier molecular flexibility index (Phi) is 5.86. The van der Waals surface area contributed by atoms with Crippen molar-refractivity contribution in [2.24, 2.45) is 46.3 Å². The molecule has 0 spiro atoms. The van der Waals surface area contributed by atoms with E-state index in [1.54, 1.807) is 5.57 Å². The molecular weight excluding hydrogens is 352 g/mol. The minimum atomic E-state index is -0.0454. The number of hydrogen-bond acceptors (Lipinski definition) is 1. The number of aliphatic hydroxyl groups is 1. The molecule has 3 fully saturated rings. The predicted octanol–water partition coefficient (Wildman–Crippen LogP) is 7.55. The Morgan fingerprint density at radius 2 is 1.76 bits per heavy atom. The third-order valence-electron chi connectivity index (χ3n) is 10.5. The molecule has 0 aromatic rings. The van der Waals surface area contributed by atoms with Crippen LogP contribution in [0.4, 0.5) is 0 Å². The number of aliphatic hydroxyl groups excluding tert-OH is 1. The van der Waals surface area contributed by atoms with E-state index in [9.17, 15) is 5.11 Å². The molecule has 1 nitrogen and oxygen atoms in total. The molecule has 29 heavy (non-hydrogen) atoms. The van der Waals surface area contributed by atoms with Crippen molar-refractivity contribution in [1.82, 2.24) is 0 Å². The minimum Gasteiger partial charge on any atom is -0.393 e. The minimum absolute atomic E-state index is 0.0454. The van der Waals surface area contributed by atoms with E-state index in [0.717, 1.165) is 36.5 Å². The number of hydrogen-bond donors (Lipinski definition) is 1. The van der Waals surface area contributed by atoms with Crippen molar-refractivity contribution >= 4 is 0 Å².